The number of anilines is 2. The largest absolute Gasteiger partial charge is 0.477 e. The number of thiazole rings is 1. The Morgan fingerprint density at radius 1 is 1.36 bits per heavy atom. The number of carboxylic acids is 1. The highest BCUT2D eigenvalue weighted by molar-refractivity contribution is 8.00. The first kappa shape index (κ1) is 26.9. The molecule has 1 saturated heterocycles. The van der Waals surface area contributed by atoms with Crippen molar-refractivity contribution in [2.45, 2.75) is 18.0 Å². The zero-order valence-corrected chi connectivity index (χ0v) is 23.2. The standard InChI is InChI=1S/C23H20ClN7O5S3/c1-10(24)6-36-29-15(14-9-39-23(26)27-14)18(32)28-16-19(33)31-17(22(34)35)11(7-37-21(16)31)5-30-4-2-3-12-13(25)8-38-20(12)30/h2-4,8-9,16,21H,1,5-7,25H2,(H3-,26,27,28,32,34,35)/p+1/b29-15-/t16?,21-/m1/s1. The molecule has 0 aromatic carbocycles. The maximum Gasteiger partial charge on any atom is 0.352 e. The molecule has 2 amide bonds. The third kappa shape index (κ3) is 5.17. The number of aliphatic carboxylic acids is 1. The predicted molar refractivity (Wildman–Crippen MR) is 150 cm³/mol. The van der Waals surface area contributed by atoms with Gasteiger partial charge >= 0.3 is 5.97 Å². The van der Waals surface area contributed by atoms with Crippen LogP contribution in [0.25, 0.3) is 10.2 Å². The first-order valence-corrected chi connectivity index (χ1v) is 14.4. The molecule has 12 nitrogen and oxygen atoms in total. The van der Waals surface area contributed by atoms with Crippen LogP contribution in [0.5, 0.6) is 0 Å². The van der Waals surface area contributed by atoms with Crippen LogP contribution in [-0.2, 0) is 25.8 Å². The van der Waals surface area contributed by atoms with Gasteiger partial charge in [0.2, 0.25) is 0 Å². The van der Waals surface area contributed by atoms with E-state index in [0.29, 0.717) is 17.0 Å². The lowest BCUT2D eigenvalue weighted by atomic mass is 10.0. The summed E-state index contributed by atoms with van der Waals surface area (Å²) in [6, 6.07) is 2.76. The van der Waals surface area contributed by atoms with E-state index in [9.17, 15) is 19.5 Å². The number of nitrogens with two attached hydrogens (primary N) is 2. The van der Waals surface area contributed by atoms with Crippen LogP contribution in [0.15, 0.2) is 57.1 Å². The molecule has 1 unspecified atom stereocenters. The number of carbonyl (C=O) groups excluding carboxylic acids is 2. The predicted octanol–water partition coefficient (Wildman–Crippen LogP) is 1.72. The van der Waals surface area contributed by atoms with Gasteiger partial charge in [-0.1, -0.05) is 34.7 Å². The molecule has 16 heteroatoms. The molecular weight excluding hydrogens is 586 g/mol. The van der Waals surface area contributed by atoms with Crippen LogP contribution >= 0.6 is 46.0 Å². The lowest BCUT2D eigenvalue weighted by molar-refractivity contribution is -0.661. The number of nitrogen functional groups attached to an aromatic ring is 2. The number of aromatic nitrogens is 2. The number of rotatable bonds is 9. The number of hydrogen-bond donors (Lipinski definition) is 4. The maximum absolute atomic E-state index is 13.2. The lowest BCUT2D eigenvalue weighted by Crippen LogP contribution is -2.71. The zero-order chi connectivity index (χ0) is 27.8. The van der Waals surface area contributed by atoms with Gasteiger partial charge < -0.3 is 26.7 Å². The number of carboxylic acid groups (broad SMARTS) is 1. The van der Waals surface area contributed by atoms with Crippen LogP contribution < -0.4 is 21.4 Å². The number of pyridine rings is 1. The second-order valence-electron chi connectivity index (χ2n) is 8.47. The highest BCUT2D eigenvalue weighted by Gasteiger charge is 2.55. The highest BCUT2D eigenvalue weighted by atomic mass is 35.5. The van der Waals surface area contributed by atoms with Crippen LogP contribution in [0.1, 0.15) is 5.69 Å². The molecule has 5 heterocycles. The summed E-state index contributed by atoms with van der Waals surface area (Å²) in [6.07, 6.45) is 1.84. The Balaban J connectivity index is 1.37. The number of amides is 2. The van der Waals surface area contributed by atoms with E-state index in [1.54, 1.807) is 0 Å². The van der Waals surface area contributed by atoms with E-state index >= 15 is 0 Å². The highest BCUT2D eigenvalue weighted by Crippen LogP contribution is 2.40. The Bertz CT molecular complexity index is 1580. The molecule has 2 aliphatic rings. The van der Waals surface area contributed by atoms with Crippen molar-refractivity contribution in [3.05, 3.63) is 57.7 Å². The number of halogens is 1. The van der Waals surface area contributed by atoms with Crippen molar-refractivity contribution in [3.8, 4) is 0 Å². The molecule has 3 aromatic heterocycles. The molecule has 0 spiro atoms. The number of thioether (sulfide) groups is 1. The van der Waals surface area contributed by atoms with E-state index < -0.39 is 29.2 Å². The van der Waals surface area contributed by atoms with Crippen molar-refractivity contribution in [2.24, 2.45) is 5.16 Å². The van der Waals surface area contributed by atoms with Crippen molar-refractivity contribution in [3.63, 3.8) is 0 Å². The number of thiophene rings is 1. The first-order chi connectivity index (χ1) is 18.7. The third-order valence-electron chi connectivity index (χ3n) is 5.88. The average molecular weight is 607 g/mol. The Morgan fingerprint density at radius 2 is 2.15 bits per heavy atom. The summed E-state index contributed by atoms with van der Waals surface area (Å²) in [7, 11) is 0. The second-order valence-corrected chi connectivity index (χ2v) is 11.9. The average Bonchev–Trinajstić information content (AvgIpc) is 3.50. The summed E-state index contributed by atoms with van der Waals surface area (Å²) in [6.45, 7) is 3.62. The van der Waals surface area contributed by atoms with E-state index in [4.69, 9.17) is 27.9 Å². The van der Waals surface area contributed by atoms with Crippen LogP contribution in [0, 0.1) is 0 Å². The van der Waals surface area contributed by atoms with Gasteiger partial charge in [0.1, 0.15) is 22.8 Å². The Labute approximate surface area is 238 Å². The van der Waals surface area contributed by atoms with Crippen molar-refractivity contribution in [1.29, 1.82) is 0 Å². The molecule has 0 aliphatic carbocycles. The van der Waals surface area contributed by atoms with Gasteiger partial charge in [0.15, 0.2) is 30.2 Å². The van der Waals surface area contributed by atoms with E-state index in [2.05, 4.69) is 22.0 Å². The molecule has 2 atom stereocenters. The Hall–Kier alpha value is -3.66. The van der Waals surface area contributed by atoms with Gasteiger partial charge in [-0.05, 0) is 6.07 Å². The van der Waals surface area contributed by atoms with Crippen LogP contribution in [0.4, 0.5) is 10.8 Å². The summed E-state index contributed by atoms with van der Waals surface area (Å²) in [5, 5.41) is 20.5. The van der Waals surface area contributed by atoms with E-state index in [0.717, 1.165) is 21.6 Å². The zero-order valence-electron chi connectivity index (χ0n) is 20.0. The van der Waals surface area contributed by atoms with E-state index in [1.165, 1.54) is 33.4 Å². The molecule has 2 aliphatic heterocycles. The molecule has 39 heavy (non-hydrogen) atoms. The molecule has 1 fully saturated rings. The number of nitrogens with one attached hydrogen (secondary N) is 1. The fourth-order valence-corrected chi connectivity index (χ4v) is 7.05. The van der Waals surface area contributed by atoms with Crippen molar-refractivity contribution in [2.75, 3.05) is 23.8 Å². The third-order valence-corrected chi connectivity index (χ3v) is 9.06. The number of oxime groups is 1. The second kappa shape index (κ2) is 10.8. The minimum absolute atomic E-state index is 0.0894. The summed E-state index contributed by atoms with van der Waals surface area (Å²) < 4.78 is 1.91. The normalized spacial score (nSPS) is 19.1. The Kier molecular flexibility index (Phi) is 7.48. The van der Waals surface area contributed by atoms with Gasteiger partial charge in [-0.25, -0.2) is 9.78 Å². The van der Waals surface area contributed by atoms with Gasteiger partial charge in [0, 0.05) is 28.2 Å². The van der Waals surface area contributed by atoms with Crippen molar-refractivity contribution in [1.82, 2.24) is 15.2 Å². The van der Waals surface area contributed by atoms with Crippen LogP contribution in [-0.4, -0.2) is 62.3 Å². The van der Waals surface area contributed by atoms with Gasteiger partial charge in [-0.15, -0.1) is 23.1 Å². The monoisotopic (exact) mass is 606 g/mol. The minimum Gasteiger partial charge on any atom is -0.477 e. The molecule has 6 N–H and O–H groups in total. The van der Waals surface area contributed by atoms with Gasteiger partial charge in [0.05, 0.1) is 16.1 Å². The van der Waals surface area contributed by atoms with Gasteiger partial charge in [0.25, 0.3) is 16.6 Å². The molecular formula is C23H21ClN7O5S3+. The fourth-order valence-electron chi connectivity index (χ4n) is 4.18. The SMILES string of the molecule is C=C(Cl)CO/N=C(\C(=O)NC1C(=O)N2C(C(=O)O)=C(C[n+]3cccc4c(N)csc43)CS[C@H]12)c1csc(N)n1. The number of carbonyl (C=O) groups is 3. The summed E-state index contributed by atoms with van der Waals surface area (Å²) >= 11 is 9.62. The number of fused-ring (bicyclic) bond motifs is 2. The molecule has 0 saturated carbocycles. The summed E-state index contributed by atoms with van der Waals surface area (Å²) in [5.41, 5.74) is 12.8. The number of hydrogen-bond acceptors (Lipinski definition) is 11. The van der Waals surface area contributed by atoms with E-state index in [1.807, 2.05) is 28.3 Å². The van der Waals surface area contributed by atoms with Crippen LogP contribution in [0.3, 0.4) is 0 Å². The van der Waals surface area contributed by atoms with Crippen molar-refractivity contribution < 1.29 is 28.9 Å². The summed E-state index contributed by atoms with van der Waals surface area (Å²) in [5.74, 6) is -2.16. The number of β-lactam (4-membered cyclic amide) rings is 1. The van der Waals surface area contributed by atoms with E-state index in [-0.39, 0.29) is 40.4 Å². The maximum atomic E-state index is 13.2. The molecule has 0 bridgehead atoms. The van der Waals surface area contributed by atoms with Crippen LogP contribution in [0.2, 0.25) is 0 Å². The summed E-state index contributed by atoms with van der Waals surface area (Å²) in [4.78, 5) is 49.9. The molecule has 0 radical (unpaired) electrons. The Morgan fingerprint density at radius 3 is 2.85 bits per heavy atom. The van der Waals surface area contributed by atoms with Gasteiger partial charge in [-0.3, -0.25) is 14.5 Å². The quantitative estimate of drug-likeness (QED) is 0.122. The first-order valence-electron chi connectivity index (χ1n) is 11.3. The van der Waals surface area contributed by atoms with Gasteiger partial charge in [-0.2, -0.15) is 4.57 Å². The molecule has 3 aromatic rings. The molecule has 5 rings (SSSR count). The lowest BCUT2D eigenvalue weighted by Gasteiger charge is -2.49. The smallest absolute Gasteiger partial charge is 0.352 e. The fraction of sp³-hybridized carbons (Fsp3) is 0.217. The number of nitrogens with zero attached hydrogens (tertiary/aromatic N) is 4. The van der Waals surface area contributed by atoms with Crippen molar-refractivity contribution >= 4 is 90.6 Å². The topological polar surface area (TPSA) is 177 Å². The molecule has 202 valence electrons. The minimum atomic E-state index is -1.22.